The van der Waals surface area contributed by atoms with Gasteiger partial charge in [-0.3, -0.25) is 29.3 Å². The number of carbonyl (C=O) groups is 5. The molecule has 0 saturated heterocycles. The fourth-order valence-electron chi connectivity index (χ4n) is 8.88. The summed E-state index contributed by atoms with van der Waals surface area (Å²) in [5.41, 5.74) is -2.87. The van der Waals surface area contributed by atoms with Crippen LogP contribution in [-0.2, 0) is 28.7 Å². The minimum absolute atomic E-state index is 0.00760. The van der Waals surface area contributed by atoms with Crippen molar-refractivity contribution in [1.82, 2.24) is 5.32 Å². The standard InChI is InChI=1S/C34H40N2O12/c1-32-12-10-21(37)15-19(32)6-7-22-23-11-13-34(45,33(23,2)16-24(38)28(22)32)25(39)17-48-27(41)9-8-26(40)35-29(31(43)44)30(42)18-4-3-5-20(14-18)36(46)47/h3-5,10,12,14-15,22-24,28-30,38,42,45H,6-9,11,13,16-17H2,1-2H3,(H,35,40)(H,43,44)/t22-,23-,24-,28+,29-,30+,32-,33-,34-/m0/s1. The van der Waals surface area contributed by atoms with E-state index in [1.807, 2.05) is 13.0 Å². The van der Waals surface area contributed by atoms with E-state index in [1.165, 1.54) is 18.2 Å². The number of aliphatic hydroxyl groups excluding tert-OH is 2. The van der Waals surface area contributed by atoms with E-state index in [1.54, 1.807) is 13.0 Å². The lowest BCUT2D eigenvalue weighted by Crippen LogP contribution is -2.61. The second-order valence-electron chi connectivity index (χ2n) is 13.9. The second kappa shape index (κ2) is 13.0. The molecule has 0 radical (unpaired) electrons. The number of ketones is 2. The Morgan fingerprint density at radius 2 is 1.90 bits per heavy atom. The molecule has 5 N–H and O–H groups in total. The minimum atomic E-state index is -1.88. The summed E-state index contributed by atoms with van der Waals surface area (Å²) >= 11 is 0. The van der Waals surface area contributed by atoms with Gasteiger partial charge in [-0.1, -0.05) is 37.6 Å². The Balaban J connectivity index is 1.17. The van der Waals surface area contributed by atoms with Gasteiger partial charge in [0.1, 0.15) is 11.7 Å². The van der Waals surface area contributed by atoms with Gasteiger partial charge >= 0.3 is 11.9 Å². The number of carboxylic acid groups (broad SMARTS) is 1. The number of carbonyl (C=O) groups excluding carboxylic acids is 4. The lowest BCUT2D eigenvalue weighted by atomic mass is 9.46. The number of amides is 1. The molecule has 9 atom stereocenters. The van der Waals surface area contributed by atoms with Gasteiger partial charge in [0.15, 0.2) is 18.4 Å². The van der Waals surface area contributed by atoms with Gasteiger partial charge in [0.05, 0.1) is 17.4 Å². The van der Waals surface area contributed by atoms with Crippen LogP contribution in [0, 0.1) is 38.7 Å². The van der Waals surface area contributed by atoms with E-state index < -0.39 is 82.7 Å². The highest BCUT2D eigenvalue weighted by molar-refractivity contribution is 6.01. The van der Waals surface area contributed by atoms with Gasteiger partial charge in [-0.25, -0.2) is 4.79 Å². The molecule has 0 heterocycles. The van der Waals surface area contributed by atoms with E-state index in [-0.39, 0.29) is 47.6 Å². The highest BCUT2D eigenvalue weighted by Crippen LogP contribution is 2.67. The number of nitro benzene ring substituents is 1. The molecular weight excluding hydrogens is 628 g/mol. The van der Waals surface area contributed by atoms with Crippen LogP contribution >= 0.6 is 0 Å². The lowest BCUT2D eigenvalue weighted by molar-refractivity contribution is -0.385. The van der Waals surface area contributed by atoms with Crippen LogP contribution < -0.4 is 5.32 Å². The molecule has 14 heteroatoms. The molecule has 1 aromatic rings. The van der Waals surface area contributed by atoms with Crippen LogP contribution in [0.5, 0.6) is 0 Å². The molecule has 4 aliphatic carbocycles. The van der Waals surface area contributed by atoms with Crippen molar-refractivity contribution in [3.63, 3.8) is 0 Å². The van der Waals surface area contributed by atoms with Crippen LogP contribution in [-0.4, -0.2) is 79.1 Å². The summed E-state index contributed by atoms with van der Waals surface area (Å²) < 4.78 is 5.12. The molecule has 3 fully saturated rings. The summed E-state index contributed by atoms with van der Waals surface area (Å²) in [4.78, 5) is 72.6. The monoisotopic (exact) mass is 668 g/mol. The number of hydrogen-bond donors (Lipinski definition) is 5. The molecule has 1 aromatic carbocycles. The van der Waals surface area contributed by atoms with E-state index in [0.717, 1.165) is 17.7 Å². The van der Waals surface area contributed by atoms with Crippen molar-refractivity contribution in [1.29, 1.82) is 0 Å². The number of carboxylic acids is 1. The second-order valence-corrected chi connectivity index (χ2v) is 13.9. The predicted octanol–water partition coefficient (Wildman–Crippen LogP) is 2.10. The summed E-state index contributed by atoms with van der Waals surface area (Å²) in [6.07, 6.45) is 3.47. The number of aliphatic hydroxyl groups is 3. The van der Waals surface area contributed by atoms with Crippen molar-refractivity contribution in [2.45, 2.75) is 82.6 Å². The number of allylic oxidation sites excluding steroid dienone is 4. The molecular formula is C34H40N2O12. The van der Waals surface area contributed by atoms with Gasteiger partial charge in [-0.05, 0) is 61.7 Å². The molecule has 5 rings (SSSR count). The Kier molecular flexibility index (Phi) is 9.47. The first kappa shape index (κ1) is 35.0. The minimum Gasteiger partial charge on any atom is -0.480 e. The van der Waals surface area contributed by atoms with Gasteiger partial charge in [-0.2, -0.15) is 0 Å². The number of ether oxygens (including phenoxy) is 1. The average Bonchev–Trinajstić information content (AvgIpc) is 3.31. The van der Waals surface area contributed by atoms with Crippen LogP contribution in [0.3, 0.4) is 0 Å². The van der Waals surface area contributed by atoms with Gasteiger partial charge in [0.25, 0.3) is 5.69 Å². The number of hydrogen-bond acceptors (Lipinski definition) is 11. The number of nitrogens with zero attached hydrogens (tertiary/aromatic N) is 1. The zero-order valence-corrected chi connectivity index (χ0v) is 26.7. The first-order chi connectivity index (χ1) is 22.5. The first-order valence-corrected chi connectivity index (χ1v) is 16.0. The topological polar surface area (TPSA) is 231 Å². The van der Waals surface area contributed by atoms with Gasteiger partial charge < -0.3 is 30.5 Å². The van der Waals surface area contributed by atoms with Crippen LogP contribution in [0.15, 0.2) is 48.1 Å². The maximum atomic E-state index is 13.5. The summed E-state index contributed by atoms with van der Waals surface area (Å²) in [5, 5.41) is 56.5. The zero-order chi connectivity index (χ0) is 35.2. The number of Topliss-reactive ketones (excluding diaryl/α,β-unsaturated/α-hetero) is 1. The van der Waals surface area contributed by atoms with Crippen molar-refractivity contribution < 1.29 is 54.1 Å². The van der Waals surface area contributed by atoms with Crippen LogP contribution in [0.1, 0.15) is 70.5 Å². The molecule has 0 aliphatic heterocycles. The molecule has 0 unspecified atom stereocenters. The molecule has 3 saturated carbocycles. The fourth-order valence-corrected chi connectivity index (χ4v) is 8.88. The number of nitro groups is 1. The number of non-ortho nitro benzene ring substituents is 1. The number of nitrogens with one attached hydrogen (secondary N) is 1. The van der Waals surface area contributed by atoms with Gasteiger partial charge in [0, 0.05) is 35.3 Å². The number of esters is 1. The molecule has 48 heavy (non-hydrogen) atoms. The van der Waals surface area contributed by atoms with Crippen molar-refractivity contribution in [3.05, 3.63) is 63.7 Å². The van der Waals surface area contributed by atoms with Crippen LogP contribution in [0.25, 0.3) is 0 Å². The maximum Gasteiger partial charge on any atom is 0.329 e. The van der Waals surface area contributed by atoms with E-state index in [9.17, 15) is 54.5 Å². The van der Waals surface area contributed by atoms with Gasteiger partial charge in [-0.15, -0.1) is 0 Å². The predicted molar refractivity (Wildman–Crippen MR) is 166 cm³/mol. The summed E-state index contributed by atoms with van der Waals surface area (Å²) in [7, 11) is 0. The number of benzene rings is 1. The third-order valence-electron chi connectivity index (χ3n) is 11.4. The quantitative estimate of drug-likeness (QED) is 0.130. The maximum absolute atomic E-state index is 13.5. The molecule has 0 spiro atoms. The fraction of sp³-hybridized carbons (Fsp3) is 0.559. The van der Waals surface area contributed by atoms with E-state index in [4.69, 9.17) is 4.74 Å². The molecule has 14 nitrogen and oxygen atoms in total. The van der Waals surface area contributed by atoms with Crippen molar-refractivity contribution in [2.75, 3.05) is 6.61 Å². The number of rotatable bonds is 11. The van der Waals surface area contributed by atoms with E-state index in [0.29, 0.717) is 19.3 Å². The van der Waals surface area contributed by atoms with Crippen molar-refractivity contribution in [3.8, 4) is 0 Å². The lowest BCUT2D eigenvalue weighted by Gasteiger charge is -2.59. The normalized spacial score (nSPS) is 33.3. The zero-order valence-electron chi connectivity index (χ0n) is 26.7. The van der Waals surface area contributed by atoms with Crippen molar-refractivity contribution in [2.24, 2.45) is 28.6 Å². The van der Waals surface area contributed by atoms with E-state index in [2.05, 4.69) is 5.32 Å². The average molecular weight is 669 g/mol. The molecule has 1 amide bonds. The third kappa shape index (κ3) is 6.08. The van der Waals surface area contributed by atoms with Crippen LogP contribution in [0.4, 0.5) is 5.69 Å². The Bertz CT molecular complexity index is 1600. The van der Waals surface area contributed by atoms with E-state index >= 15 is 0 Å². The third-order valence-corrected chi connectivity index (χ3v) is 11.4. The van der Waals surface area contributed by atoms with Crippen molar-refractivity contribution >= 4 is 35.1 Å². The summed E-state index contributed by atoms with van der Waals surface area (Å²) in [6.45, 7) is 3.06. The first-order valence-electron chi connectivity index (χ1n) is 16.0. The largest absolute Gasteiger partial charge is 0.480 e. The Hall–Kier alpha value is -4.27. The highest BCUT2D eigenvalue weighted by Gasteiger charge is 2.68. The molecule has 258 valence electrons. The SMILES string of the molecule is C[C@]12C=CC(=O)C=C1CC[C@@H]1[C@@H]2[C@@H](O)C[C@@]2(C)[C@H]1CC[C@]2(O)C(=O)COC(=O)CCC(=O)N[C@H](C(=O)O)[C@H](O)c1cccc([N+](=O)[O-])c1. The Labute approximate surface area is 276 Å². The molecule has 0 aromatic heterocycles. The molecule has 0 bridgehead atoms. The van der Waals surface area contributed by atoms with Crippen LogP contribution in [0.2, 0.25) is 0 Å². The Morgan fingerprint density at radius 3 is 2.58 bits per heavy atom. The van der Waals surface area contributed by atoms with Gasteiger partial charge in [0.2, 0.25) is 11.7 Å². The number of fused-ring (bicyclic) bond motifs is 5. The summed E-state index contributed by atoms with van der Waals surface area (Å²) in [6, 6.07) is 2.78. The summed E-state index contributed by atoms with van der Waals surface area (Å²) in [5.74, 6) is -4.57. The smallest absolute Gasteiger partial charge is 0.329 e. The highest BCUT2D eigenvalue weighted by atomic mass is 16.6. The number of aliphatic carboxylic acids is 1. The molecule has 4 aliphatic rings. The Morgan fingerprint density at radius 1 is 1.17 bits per heavy atom.